The molecule has 2 atom stereocenters. The van der Waals surface area contributed by atoms with Crippen molar-refractivity contribution < 1.29 is 4.79 Å². The van der Waals surface area contributed by atoms with Gasteiger partial charge in [0, 0.05) is 38.1 Å². The molecule has 3 nitrogen and oxygen atoms in total. The van der Waals surface area contributed by atoms with Crippen molar-refractivity contribution in [3.05, 3.63) is 0 Å². The van der Waals surface area contributed by atoms with E-state index in [0.29, 0.717) is 23.8 Å². The number of fused-ring (bicyclic) bond motifs is 2. The highest BCUT2D eigenvalue weighted by molar-refractivity contribution is 5.78. The Morgan fingerprint density at radius 1 is 1.00 bits per heavy atom. The van der Waals surface area contributed by atoms with Crippen LogP contribution in [0.1, 0.15) is 34.1 Å². The smallest absolute Gasteiger partial charge is 0.225 e. The maximum atomic E-state index is 12.1. The molecular formula is C14H26N2O. The Morgan fingerprint density at radius 3 is 1.94 bits per heavy atom. The van der Waals surface area contributed by atoms with Crippen LogP contribution in [0.25, 0.3) is 0 Å². The summed E-state index contributed by atoms with van der Waals surface area (Å²) in [7, 11) is 0. The summed E-state index contributed by atoms with van der Waals surface area (Å²) in [5.74, 6) is 1.90. The van der Waals surface area contributed by atoms with E-state index in [0.717, 1.165) is 13.1 Å². The number of likely N-dealkylation sites (tertiary alicyclic amines) is 2. The summed E-state index contributed by atoms with van der Waals surface area (Å²) in [5, 5.41) is 0. The lowest BCUT2D eigenvalue weighted by atomic mass is 9.83. The summed E-state index contributed by atoms with van der Waals surface area (Å²) in [4.78, 5) is 16.7. The SMILES string of the molecule is CC(C)C(=O)N1CC2CC(C1)CN(C(C)C)C2. The van der Waals surface area contributed by atoms with E-state index in [4.69, 9.17) is 0 Å². The van der Waals surface area contributed by atoms with Gasteiger partial charge in [-0.2, -0.15) is 0 Å². The highest BCUT2D eigenvalue weighted by atomic mass is 16.2. The van der Waals surface area contributed by atoms with Gasteiger partial charge in [-0.25, -0.2) is 0 Å². The van der Waals surface area contributed by atoms with Crippen molar-refractivity contribution in [2.75, 3.05) is 26.2 Å². The Kier molecular flexibility index (Phi) is 3.76. The Balaban J connectivity index is 1.98. The van der Waals surface area contributed by atoms with Crippen LogP contribution in [0.5, 0.6) is 0 Å². The molecule has 3 heteroatoms. The van der Waals surface area contributed by atoms with Crippen LogP contribution in [0.3, 0.4) is 0 Å². The molecule has 2 saturated heterocycles. The molecule has 2 fully saturated rings. The standard InChI is InChI=1S/C14H26N2O/c1-10(2)14(17)16-8-12-5-13(9-16)7-15(6-12)11(3)4/h10-13H,5-9H2,1-4H3. The maximum absolute atomic E-state index is 12.1. The van der Waals surface area contributed by atoms with E-state index in [1.54, 1.807) is 0 Å². The summed E-state index contributed by atoms with van der Waals surface area (Å²) < 4.78 is 0. The van der Waals surface area contributed by atoms with Crippen LogP contribution in [0.15, 0.2) is 0 Å². The first-order valence-electron chi connectivity index (χ1n) is 7.00. The second kappa shape index (κ2) is 4.97. The second-order valence-corrected chi connectivity index (χ2v) is 6.41. The molecule has 2 aliphatic rings. The lowest BCUT2D eigenvalue weighted by molar-refractivity contribution is -0.139. The van der Waals surface area contributed by atoms with E-state index in [2.05, 4.69) is 23.6 Å². The zero-order chi connectivity index (χ0) is 12.6. The van der Waals surface area contributed by atoms with Crippen LogP contribution in [0.4, 0.5) is 0 Å². The fourth-order valence-corrected chi connectivity index (χ4v) is 3.29. The van der Waals surface area contributed by atoms with Crippen LogP contribution in [-0.4, -0.2) is 47.9 Å². The van der Waals surface area contributed by atoms with Gasteiger partial charge in [-0.1, -0.05) is 13.8 Å². The van der Waals surface area contributed by atoms with Crippen LogP contribution in [0.2, 0.25) is 0 Å². The fourth-order valence-electron chi connectivity index (χ4n) is 3.29. The van der Waals surface area contributed by atoms with Gasteiger partial charge < -0.3 is 9.80 Å². The van der Waals surface area contributed by atoms with Gasteiger partial charge in [0.05, 0.1) is 0 Å². The van der Waals surface area contributed by atoms with Crippen LogP contribution >= 0.6 is 0 Å². The topological polar surface area (TPSA) is 23.6 Å². The third-order valence-electron chi connectivity index (χ3n) is 4.15. The number of nitrogens with zero attached hydrogens (tertiary/aromatic N) is 2. The molecular weight excluding hydrogens is 212 g/mol. The molecule has 2 aliphatic heterocycles. The normalized spacial score (nSPS) is 30.1. The van der Waals surface area contributed by atoms with Gasteiger partial charge >= 0.3 is 0 Å². The minimum Gasteiger partial charge on any atom is -0.342 e. The predicted molar refractivity (Wildman–Crippen MR) is 69.7 cm³/mol. The van der Waals surface area contributed by atoms with Crippen LogP contribution < -0.4 is 0 Å². The van der Waals surface area contributed by atoms with Crippen LogP contribution in [0, 0.1) is 17.8 Å². The van der Waals surface area contributed by atoms with E-state index >= 15 is 0 Å². The van der Waals surface area contributed by atoms with Crippen molar-refractivity contribution >= 4 is 5.91 Å². The third kappa shape index (κ3) is 2.82. The zero-order valence-electron chi connectivity index (χ0n) is 11.6. The van der Waals surface area contributed by atoms with E-state index in [9.17, 15) is 4.79 Å². The highest BCUT2D eigenvalue weighted by Gasteiger charge is 2.36. The lowest BCUT2D eigenvalue weighted by Crippen LogP contribution is -2.56. The number of hydrogen-bond donors (Lipinski definition) is 0. The molecule has 2 rings (SSSR count). The molecule has 2 heterocycles. The van der Waals surface area contributed by atoms with Crippen LogP contribution in [-0.2, 0) is 4.79 Å². The first kappa shape index (κ1) is 12.9. The number of amides is 1. The quantitative estimate of drug-likeness (QED) is 0.733. The zero-order valence-corrected chi connectivity index (χ0v) is 11.6. The molecule has 1 amide bonds. The van der Waals surface area contributed by atoms with Gasteiger partial charge in [-0.15, -0.1) is 0 Å². The van der Waals surface area contributed by atoms with Gasteiger partial charge in [-0.05, 0) is 32.1 Å². The maximum Gasteiger partial charge on any atom is 0.225 e. The number of hydrogen-bond acceptors (Lipinski definition) is 2. The first-order chi connectivity index (χ1) is 7.97. The molecule has 0 aromatic rings. The molecule has 17 heavy (non-hydrogen) atoms. The number of piperidine rings is 2. The summed E-state index contributed by atoms with van der Waals surface area (Å²) >= 11 is 0. The number of carbonyl (C=O) groups excluding carboxylic acids is 1. The Hall–Kier alpha value is -0.570. The van der Waals surface area contributed by atoms with Crippen molar-refractivity contribution in [3.8, 4) is 0 Å². The first-order valence-corrected chi connectivity index (χ1v) is 7.00. The van der Waals surface area contributed by atoms with Crippen molar-refractivity contribution in [2.45, 2.75) is 40.2 Å². The second-order valence-electron chi connectivity index (χ2n) is 6.41. The molecule has 0 aliphatic carbocycles. The average molecular weight is 238 g/mol. The van der Waals surface area contributed by atoms with Gasteiger partial charge in [-0.3, -0.25) is 4.79 Å². The Morgan fingerprint density at radius 2 is 1.53 bits per heavy atom. The summed E-state index contributed by atoms with van der Waals surface area (Å²) in [6, 6.07) is 0.646. The monoisotopic (exact) mass is 238 g/mol. The molecule has 0 aromatic carbocycles. The summed E-state index contributed by atoms with van der Waals surface area (Å²) in [6.45, 7) is 12.9. The Bertz CT molecular complexity index is 274. The molecule has 0 N–H and O–H groups in total. The van der Waals surface area contributed by atoms with Gasteiger partial charge in [0.15, 0.2) is 0 Å². The largest absolute Gasteiger partial charge is 0.342 e. The van der Waals surface area contributed by atoms with E-state index in [1.165, 1.54) is 19.5 Å². The summed E-state index contributed by atoms with van der Waals surface area (Å²) in [5.41, 5.74) is 0. The van der Waals surface area contributed by atoms with Crippen molar-refractivity contribution in [1.29, 1.82) is 0 Å². The van der Waals surface area contributed by atoms with E-state index in [-0.39, 0.29) is 5.92 Å². The molecule has 2 unspecified atom stereocenters. The average Bonchev–Trinajstić information content (AvgIpc) is 2.26. The molecule has 0 radical (unpaired) electrons. The minimum absolute atomic E-state index is 0.148. The molecule has 0 spiro atoms. The molecule has 0 saturated carbocycles. The third-order valence-corrected chi connectivity index (χ3v) is 4.15. The van der Waals surface area contributed by atoms with Crippen molar-refractivity contribution in [2.24, 2.45) is 17.8 Å². The fraction of sp³-hybridized carbons (Fsp3) is 0.929. The van der Waals surface area contributed by atoms with Crippen molar-refractivity contribution in [3.63, 3.8) is 0 Å². The number of carbonyl (C=O) groups is 1. The van der Waals surface area contributed by atoms with Crippen molar-refractivity contribution in [1.82, 2.24) is 9.80 Å². The number of rotatable bonds is 2. The Labute approximate surface area is 105 Å². The summed E-state index contributed by atoms with van der Waals surface area (Å²) in [6.07, 6.45) is 1.32. The predicted octanol–water partition coefficient (Wildman–Crippen LogP) is 1.83. The van der Waals surface area contributed by atoms with E-state index in [1.807, 2.05) is 13.8 Å². The minimum atomic E-state index is 0.148. The van der Waals surface area contributed by atoms with E-state index < -0.39 is 0 Å². The molecule has 98 valence electrons. The lowest BCUT2D eigenvalue weighted by Gasteiger charge is -2.47. The molecule has 0 aromatic heterocycles. The van der Waals surface area contributed by atoms with Gasteiger partial charge in [0.2, 0.25) is 5.91 Å². The van der Waals surface area contributed by atoms with Gasteiger partial charge in [0.25, 0.3) is 0 Å². The molecule has 2 bridgehead atoms. The van der Waals surface area contributed by atoms with Gasteiger partial charge in [0.1, 0.15) is 0 Å². The highest BCUT2D eigenvalue weighted by Crippen LogP contribution is 2.30.